The van der Waals surface area contributed by atoms with Crippen molar-refractivity contribution < 1.29 is 46.6 Å². The van der Waals surface area contributed by atoms with Crippen LogP contribution in [0.2, 0.25) is 0 Å². The number of phenolic OH excluding ortho intramolecular Hbond substituents is 1. The summed E-state index contributed by atoms with van der Waals surface area (Å²) in [6.45, 7) is 4.16. The molecule has 87 heavy (non-hydrogen) atoms. The summed E-state index contributed by atoms with van der Waals surface area (Å²) in [7, 11) is 0. The van der Waals surface area contributed by atoms with Crippen LogP contribution in [-0.2, 0) is 41.9 Å². The molecule has 9 N–H and O–H groups in total. The second-order valence-electron chi connectivity index (χ2n) is 21.1. The van der Waals surface area contributed by atoms with Gasteiger partial charge in [-0.2, -0.15) is 0 Å². The first kappa shape index (κ1) is 59.3. The molecule has 0 spiro atoms. The monoisotopic (exact) mass is 1170 g/mol. The molecule has 0 aliphatic rings. The van der Waals surface area contributed by atoms with Gasteiger partial charge in [-0.3, -0.25) is 29.1 Å². The van der Waals surface area contributed by atoms with Crippen molar-refractivity contribution in [1.82, 2.24) is 30.6 Å². The van der Waals surface area contributed by atoms with Gasteiger partial charge in [0.05, 0.1) is 36.3 Å². The number of halogens is 4. The Bertz CT molecular complexity index is 4340. The van der Waals surface area contributed by atoms with Gasteiger partial charge in [0.25, 0.3) is 0 Å². The van der Waals surface area contributed by atoms with Gasteiger partial charge in [0.2, 0.25) is 23.6 Å². The zero-order chi connectivity index (χ0) is 61.3. The van der Waals surface area contributed by atoms with Gasteiger partial charge in [0.1, 0.15) is 41.4 Å². The summed E-state index contributed by atoms with van der Waals surface area (Å²) in [5, 5.41) is 17.8. The zero-order valence-electron chi connectivity index (χ0n) is 47.1. The van der Waals surface area contributed by atoms with E-state index in [0.29, 0.717) is 84.8 Å². The van der Waals surface area contributed by atoms with Crippen LogP contribution in [-0.4, -0.2) is 48.7 Å². The number of aromatic amines is 2. The van der Waals surface area contributed by atoms with Gasteiger partial charge in [-0.05, 0) is 162 Å². The van der Waals surface area contributed by atoms with Gasteiger partial charge in [-0.25, -0.2) is 17.6 Å². The third-order valence-corrected chi connectivity index (χ3v) is 14.7. The molecule has 0 unspecified atom stereocenters. The summed E-state index contributed by atoms with van der Waals surface area (Å²) in [6, 6.07) is 42.7. The number of carbonyl (C=O) groups excluding carboxylic acids is 4. The molecule has 4 amide bonds. The molecule has 18 heteroatoms. The number of aryl methyl sites for hydroxylation is 2. The van der Waals surface area contributed by atoms with E-state index in [4.69, 9.17) is 16.2 Å². The number of aromatic nitrogens is 4. The number of hydrogen-bond donors (Lipinski definition) is 7. The quantitative estimate of drug-likeness (QED) is 0.0384. The van der Waals surface area contributed by atoms with E-state index in [1.165, 1.54) is 24.3 Å². The number of carbonyl (C=O) groups is 4. The number of H-pyrrole nitrogens is 2. The van der Waals surface area contributed by atoms with Crippen LogP contribution in [0.3, 0.4) is 0 Å². The van der Waals surface area contributed by atoms with Crippen molar-refractivity contribution in [3.63, 3.8) is 0 Å². The second-order valence-corrected chi connectivity index (χ2v) is 21.1. The summed E-state index contributed by atoms with van der Waals surface area (Å²) < 4.78 is 62.7. The largest absolute Gasteiger partial charge is 0.508 e. The molecule has 0 aliphatic heterocycles. The minimum atomic E-state index is -0.775. The lowest BCUT2D eigenvalue weighted by Gasteiger charge is -2.22. The van der Waals surface area contributed by atoms with Crippen LogP contribution >= 0.6 is 0 Å². The first-order chi connectivity index (χ1) is 41.9. The van der Waals surface area contributed by atoms with Crippen molar-refractivity contribution in [2.24, 2.45) is 11.5 Å². The number of rotatable bonds is 19. The lowest BCUT2D eigenvalue weighted by Crippen LogP contribution is -2.32. The maximum atomic E-state index is 14.2. The average Bonchev–Trinajstić information content (AvgIpc) is 3.58. The number of pyridine rings is 2. The van der Waals surface area contributed by atoms with Crippen molar-refractivity contribution in [3.8, 4) is 33.8 Å². The number of nitrogens with zero attached hydrogens (tertiary/aromatic N) is 2. The fraction of sp³-hybridized carbons (Fsp3) is 0.130. The van der Waals surface area contributed by atoms with Crippen molar-refractivity contribution in [3.05, 3.63) is 273 Å². The van der Waals surface area contributed by atoms with E-state index in [0.717, 1.165) is 45.2 Å². The maximum absolute atomic E-state index is 14.2. The summed E-state index contributed by atoms with van der Waals surface area (Å²) in [6.07, 6.45) is 6.77. The summed E-state index contributed by atoms with van der Waals surface area (Å²) >= 11 is 0. The number of primary amides is 2. The molecular formula is C69H58F4N8O6. The highest BCUT2D eigenvalue weighted by Crippen LogP contribution is 2.34. The maximum Gasteiger partial charge on any atom is 0.248 e. The molecule has 4 heterocycles. The number of phenols is 1. The fourth-order valence-electron chi connectivity index (χ4n) is 10.6. The molecule has 11 rings (SSSR count). The van der Waals surface area contributed by atoms with Crippen molar-refractivity contribution in [1.29, 1.82) is 0 Å². The second kappa shape index (κ2) is 26.4. The molecule has 0 saturated carbocycles. The molecule has 14 nitrogen and oxygen atoms in total. The summed E-state index contributed by atoms with van der Waals surface area (Å²) in [5.74, 6) is -3.92. The van der Waals surface area contributed by atoms with Crippen LogP contribution in [0.5, 0.6) is 11.5 Å². The number of nitrogens with one attached hydrogen (secondary N) is 4. The number of fused-ring (bicyclic) bond motifs is 2. The zero-order valence-corrected chi connectivity index (χ0v) is 47.1. The number of amides is 4. The Morgan fingerprint density at radius 2 is 0.989 bits per heavy atom. The van der Waals surface area contributed by atoms with E-state index < -0.39 is 47.2 Å². The van der Waals surface area contributed by atoms with Crippen LogP contribution in [0.15, 0.2) is 189 Å². The van der Waals surface area contributed by atoms with Gasteiger partial charge < -0.3 is 41.9 Å². The Labute approximate surface area is 497 Å². The van der Waals surface area contributed by atoms with E-state index in [2.05, 4.69) is 30.6 Å². The van der Waals surface area contributed by atoms with E-state index in [1.807, 2.05) is 55.5 Å². The highest BCUT2D eigenvalue weighted by molar-refractivity contribution is 5.96. The molecule has 4 aromatic heterocycles. The minimum Gasteiger partial charge on any atom is -0.508 e. The Hall–Kier alpha value is -10.9. The standard InChI is InChI=1S/C38H32F2N4O3.C31H26F2N4O3/c1-23-13-33-32(20-35(23)47-22-24-7-3-2-4-8-24)28(21-43-33)18-36(45)44-34(16-25-14-29(39)19-30(40)15-25)37-31(11-6-12-42-37)26-9-5-10-27(17-26)38(41)46;1-17-8-26-25(15-28(17)38)21(16-36-26)13-29(39)37-27(11-18-9-22(32)14-23(33)10-18)30-24(6-3-7-35-30)19-4-2-5-20(12-19)31(34)40/h2-15,17,19-21,34,43H,16,18,22H2,1H3,(H2,41,46)(H,44,45);2-10,12,14-16,27,36,38H,11,13H2,1H3,(H2,34,40)(H,37,39)/t34-;27-/m00/s1. The molecule has 438 valence electrons. The summed E-state index contributed by atoms with van der Waals surface area (Å²) in [5.41, 5.74) is 21.6. The highest BCUT2D eigenvalue weighted by Gasteiger charge is 2.25. The average molecular weight is 1170 g/mol. The smallest absolute Gasteiger partial charge is 0.248 e. The van der Waals surface area contributed by atoms with E-state index >= 15 is 0 Å². The molecule has 0 saturated heterocycles. The van der Waals surface area contributed by atoms with Crippen LogP contribution < -0.4 is 26.8 Å². The molecule has 2 atom stereocenters. The van der Waals surface area contributed by atoms with Crippen LogP contribution in [0.25, 0.3) is 44.1 Å². The first-order valence-corrected chi connectivity index (χ1v) is 27.7. The molecule has 0 radical (unpaired) electrons. The Kier molecular flexibility index (Phi) is 18.0. The van der Waals surface area contributed by atoms with Crippen LogP contribution in [0, 0.1) is 37.1 Å². The van der Waals surface area contributed by atoms with Crippen LogP contribution in [0.1, 0.15) is 83.1 Å². The Morgan fingerprint density at radius 3 is 1.46 bits per heavy atom. The van der Waals surface area contributed by atoms with Gasteiger partial charge in [0.15, 0.2) is 0 Å². The predicted octanol–water partition coefficient (Wildman–Crippen LogP) is 12.4. The molecular weight excluding hydrogens is 1110 g/mol. The topological polar surface area (TPSA) is 231 Å². The molecule has 7 aromatic carbocycles. The minimum absolute atomic E-state index is 0.0180. The molecule has 11 aromatic rings. The van der Waals surface area contributed by atoms with E-state index in [1.54, 1.807) is 111 Å². The highest BCUT2D eigenvalue weighted by atomic mass is 19.1. The number of hydrogen-bond acceptors (Lipinski definition) is 8. The van der Waals surface area contributed by atoms with Crippen molar-refractivity contribution >= 4 is 45.4 Å². The van der Waals surface area contributed by atoms with Crippen molar-refractivity contribution in [2.45, 2.75) is 58.2 Å². The van der Waals surface area contributed by atoms with Gasteiger partial charge in [-0.1, -0.05) is 66.7 Å². The van der Waals surface area contributed by atoms with Crippen molar-refractivity contribution in [2.75, 3.05) is 0 Å². The SMILES string of the molecule is Cc1cc2[nH]cc(CC(=O)N[C@@H](Cc3cc(F)cc(F)c3)c3ncccc3-c3cccc(C(N)=O)c3)c2cc1O.Cc1cc2[nH]cc(CC(=O)N[C@@H](Cc3cc(F)cc(F)c3)c3ncccc3-c3cccc(C(N)=O)c3)c2cc1OCc1ccccc1. The Balaban J connectivity index is 0.000000195. The molecule has 0 fully saturated rings. The normalized spacial score (nSPS) is 11.8. The van der Waals surface area contributed by atoms with Gasteiger partial charge in [0, 0.05) is 81.0 Å². The number of nitrogens with two attached hydrogens (primary N) is 2. The number of ether oxygens (including phenoxy) is 1. The third kappa shape index (κ3) is 14.6. The van der Waals surface area contributed by atoms with E-state index in [9.17, 15) is 41.8 Å². The molecule has 0 bridgehead atoms. The lowest BCUT2D eigenvalue weighted by atomic mass is 9.94. The summed E-state index contributed by atoms with van der Waals surface area (Å²) in [4.78, 5) is 66.3. The number of benzene rings is 7. The lowest BCUT2D eigenvalue weighted by molar-refractivity contribution is -0.122. The van der Waals surface area contributed by atoms with E-state index in [-0.39, 0.29) is 43.2 Å². The van der Waals surface area contributed by atoms with Gasteiger partial charge in [-0.15, -0.1) is 0 Å². The third-order valence-electron chi connectivity index (χ3n) is 14.7. The fourth-order valence-corrected chi connectivity index (χ4v) is 10.6. The predicted molar refractivity (Wildman–Crippen MR) is 324 cm³/mol. The molecule has 0 aliphatic carbocycles. The van der Waals surface area contributed by atoms with Gasteiger partial charge >= 0.3 is 0 Å². The van der Waals surface area contributed by atoms with Crippen LogP contribution in [0.4, 0.5) is 17.6 Å². The Morgan fingerprint density at radius 1 is 0.529 bits per heavy atom. The number of aromatic hydroxyl groups is 1. The first-order valence-electron chi connectivity index (χ1n) is 27.7.